The smallest absolute Gasteiger partial charge is 0.349 e. The topological polar surface area (TPSA) is 85.3 Å². The van der Waals surface area contributed by atoms with Crippen molar-refractivity contribution in [3.8, 4) is 11.5 Å². The van der Waals surface area contributed by atoms with E-state index in [9.17, 15) is 9.59 Å². The van der Waals surface area contributed by atoms with Crippen molar-refractivity contribution in [2.24, 2.45) is 0 Å². The van der Waals surface area contributed by atoms with Crippen LogP contribution in [0.5, 0.6) is 0 Å². The highest BCUT2D eigenvalue weighted by Gasteiger charge is 2.14. The third-order valence-electron chi connectivity index (χ3n) is 4.57. The molecule has 0 radical (unpaired) electrons. The van der Waals surface area contributed by atoms with Crippen LogP contribution in [0.3, 0.4) is 0 Å². The fourth-order valence-electron chi connectivity index (χ4n) is 3.11. The van der Waals surface area contributed by atoms with Crippen LogP contribution in [0.25, 0.3) is 33.5 Å². The third-order valence-corrected chi connectivity index (χ3v) is 4.57. The molecule has 6 heteroatoms. The normalized spacial score (nSPS) is 11.0. The molecule has 2 aromatic heterocycles. The van der Waals surface area contributed by atoms with E-state index in [1.165, 1.54) is 6.07 Å². The fraction of sp³-hybridized carbons (Fsp3) is 0. The largest absolute Gasteiger partial charge is 0.436 e. The Kier molecular flexibility index (Phi) is 3.95. The lowest BCUT2D eigenvalue weighted by atomic mass is 10.1. The lowest BCUT2D eigenvalue weighted by molar-refractivity contribution is 0.102. The van der Waals surface area contributed by atoms with Gasteiger partial charge in [0.15, 0.2) is 5.58 Å². The van der Waals surface area contributed by atoms with Crippen LogP contribution in [-0.2, 0) is 0 Å². The van der Waals surface area contributed by atoms with E-state index in [1.54, 1.807) is 42.5 Å². The summed E-state index contributed by atoms with van der Waals surface area (Å²) in [6, 6.07) is 23.1. The van der Waals surface area contributed by atoms with Crippen molar-refractivity contribution >= 4 is 33.7 Å². The molecular weight excluding hydrogens is 368 g/mol. The van der Waals surface area contributed by atoms with Gasteiger partial charge in [0, 0.05) is 16.6 Å². The Morgan fingerprint density at radius 2 is 1.55 bits per heavy atom. The molecule has 0 aliphatic heterocycles. The molecule has 0 bridgehead atoms. The molecule has 1 amide bonds. The minimum atomic E-state index is -0.677. The summed E-state index contributed by atoms with van der Waals surface area (Å²) in [4.78, 5) is 29.1. The van der Waals surface area contributed by atoms with Gasteiger partial charge in [-0.15, -0.1) is 0 Å². The lowest BCUT2D eigenvalue weighted by Crippen LogP contribution is -2.20. The van der Waals surface area contributed by atoms with Gasteiger partial charge in [-0.25, -0.2) is 9.78 Å². The van der Waals surface area contributed by atoms with E-state index in [-0.39, 0.29) is 5.56 Å². The molecule has 3 aromatic carbocycles. The quantitative estimate of drug-likeness (QED) is 0.451. The van der Waals surface area contributed by atoms with Gasteiger partial charge in [0.1, 0.15) is 16.7 Å². The Balaban J connectivity index is 1.40. The van der Waals surface area contributed by atoms with Crippen LogP contribution in [-0.4, -0.2) is 10.9 Å². The van der Waals surface area contributed by atoms with Crippen LogP contribution in [0, 0.1) is 0 Å². The molecule has 6 nitrogen and oxygen atoms in total. The van der Waals surface area contributed by atoms with Crippen molar-refractivity contribution in [2.75, 3.05) is 5.32 Å². The molecule has 0 saturated carbocycles. The Morgan fingerprint density at radius 1 is 0.828 bits per heavy atom. The first-order chi connectivity index (χ1) is 14.2. The number of benzene rings is 3. The second kappa shape index (κ2) is 6.76. The second-order valence-corrected chi connectivity index (χ2v) is 6.50. The Bertz CT molecular complexity index is 1380. The number of oxazole rings is 1. The Morgan fingerprint density at radius 3 is 2.34 bits per heavy atom. The highest BCUT2D eigenvalue weighted by Crippen LogP contribution is 2.25. The first-order valence-corrected chi connectivity index (χ1v) is 8.98. The number of amides is 1. The number of fused-ring (bicyclic) bond motifs is 2. The number of rotatable bonds is 3. The maximum Gasteiger partial charge on any atom is 0.349 e. The summed E-state index contributed by atoms with van der Waals surface area (Å²) in [7, 11) is 0. The molecule has 1 N–H and O–H groups in total. The van der Waals surface area contributed by atoms with E-state index in [2.05, 4.69) is 10.3 Å². The van der Waals surface area contributed by atoms with Crippen molar-refractivity contribution in [3.63, 3.8) is 0 Å². The summed E-state index contributed by atoms with van der Waals surface area (Å²) in [6.07, 6.45) is 0. The molecule has 5 rings (SSSR count). The predicted octanol–water partition coefficient (Wildman–Crippen LogP) is 4.85. The van der Waals surface area contributed by atoms with Crippen LogP contribution in [0.1, 0.15) is 10.4 Å². The molecule has 5 aromatic rings. The first kappa shape index (κ1) is 16.9. The van der Waals surface area contributed by atoms with E-state index in [0.29, 0.717) is 28.1 Å². The molecule has 140 valence electrons. The van der Waals surface area contributed by atoms with Gasteiger partial charge in [-0.05, 0) is 48.5 Å². The highest BCUT2D eigenvalue weighted by molar-refractivity contribution is 6.05. The van der Waals surface area contributed by atoms with E-state index in [4.69, 9.17) is 8.83 Å². The van der Waals surface area contributed by atoms with Gasteiger partial charge in [-0.3, -0.25) is 4.79 Å². The van der Waals surface area contributed by atoms with E-state index >= 15 is 0 Å². The average molecular weight is 382 g/mol. The van der Waals surface area contributed by atoms with Gasteiger partial charge in [0.25, 0.3) is 5.91 Å². The SMILES string of the molecule is O=C(Nc1ccc(-c2nc3ccccc3o2)cc1)c1cc2ccccc2oc1=O. The minimum Gasteiger partial charge on any atom is -0.436 e. The minimum absolute atomic E-state index is 0.0493. The number of hydrogen-bond acceptors (Lipinski definition) is 5. The number of carbonyl (C=O) groups is 1. The monoisotopic (exact) mass is 382 g/mol. The summed E-state index contributed by atoms with van der Waals surface area (Å²) in [5.41, 5.74) is 2.53. The van der Waals surface area contributed by atoms with E-state index in [0.717, 1.165) is 11.1 Å². The van der Waals surface area contributed by atoms with Crippen LogP contribution in [0.15, 0.2) is 92.5 Å². The molecule has 29 heavy (non-hydrogen) atoms. The van der Waals surface area contributed by atoms with E-state index < -0.39 is 11.5 Å². The lowest BCUT2D eigenvalue weighted by Gasteiger charge is -2.06. The number of para-hydroxylation sites is 3. The number of aromatic nitrogens is 1. The molecule has 0 spiro atoms. The van der Waals surface area contributed by atoms with Crippen LogP contribution in [0.4, 0.5) is 5.69 Å². The Labute approximate surface area is 164 Å². The zero-order chi connectivity index (χ0) is 19.8. The second-order valence-electron chi connectivity index (χ2n) is 6.50. The van der Waals surface area contributed by atoms with E-state index in [1.807, 2.05) is 30.3 Å². The first-order valence-electron chi connectivity index (χ1n) is 8.98. The molecule has 0 unspecified atom stereocenters. The number of nitrogens with zero attached hydrogens (tertiary/aromatic N) is 1. The molecule has 0 saturated heterocycles. The van der Waals surface area contributed by atoms with Gasteiger partial charge in [-0.2, -0.15) is 0 Å². The molecule has 0 fully saturated rings. The number of hydrogen-bond donors (Lipinski definition) is 1. The van der Waals surface area contributed by atoms with Gasteiger partial charge < -0.3 is 14.2 Å². The zero-order valence-corrected chi connectivity index (χ0v) is 15.1. The molecule has 0 aliphatic carbocycles. The highest BCUT2D eigenvalue weighted by atomic mass is 16.4. The van der Waals surface area contributed by atoms with Gasteiger partial charge >= 0.3 is 5.63 Å². The van der Waals surface area contributed by atoms with Crippen LogP contribution in [0.2, 0.25) is 0 Å². The van der Waals surface area contributed by atoms with Crippen molar-refractivity contribution in [1.29, 1.82) is 0 Å². The van der Waals surface area contributed by atoms with Crippen molar-refractivity contribution in [3.05, 3.63) is 94.8 Å². The number of anilines is 1. The fourth-order valence-corrected chi connectivity index (χ4v) is 3.11. The summed E-state index contributed by atoms with van der Waals surface area (Å²) >= 11 is 0. The summed E-state index contributed by atoms with van der Waals surface area (Å²) < 4.78 is 11.0. The van der Waals surface area contributed by atoms with Crippen LogP contribution >= 0.6 is 0 Å². The third kappa shape index (κ3) is 3.17. The van der Waals surface area contributed by atoms with Crippen molar-refractivity contribution in [1.82, 2.24) is 4.98 Å². The maximum absolute atomic E-state index is 12.5. The Hall–Kier alpha value is -4.19. The average Bonchev–Trinajstić information content (AvgIpc) is 3.18. The van der Waals surface area contributed by atoms with Crippen molar-refractivity contribution < 1.29 is 13.6 Å². The molecular formula is C23H14N2O4. The summed E-state index contributed by atoms with van der Waals surface area (Å²) in [6.45, 7) is 0. The van der Waals surface area contributed by atoms with Crippen molar-refractivity contribution in [2.45, 2.75) is 0 Å². The van der Waals surface area contributed by atoms with Gasteiger partial charge in [0.2, 0.25) is 5.89 Å². The summed E-state index contributed by atoms with van der Waals surface area (Å²) in [5, 5.41) is 3.40. The van der Waals surface area contributed by atoms with Crippen LogP contribution < -0.4 is 10.9 Å². The zero-order valence-electron chi connectivity index (χ0n) is 15.1. The summed E-state index contributed by atoms with van der Waals surface area (Å²) in [5.74, 6) is -0.0293. The molecule has 0 aliphatic rings. The number of carbonyl (C=O) groups excluding carboxylic acids is 1. The van der Waals surface area contributed by atoms with Gasteiger partial charge in [0.05, 0.1) is 0 Å². The number of nitrogens with one attached hydrogen (secondary N) is 1. The van der Waals surface area contributed by atoms with Gasteiger partial charge in [-0.1, -0.05) is 30.3 Å². The molecule has 0 atom stereocenters. The molecule has 2 heterocycles. The predicted molar refractivity (Wildman–Crippen MR) is 110 cm³/mol. The standard InChI is InChI=1S/C23H14N2O4/c26-21(17-13-15-5-1-3-7-19(15)29-23(17)27)24-16-11-9-14(10-12-16)22-25-18-6-2-4-8-20(18)28-22/h1-13H,(H,24,26). The maximum atomic E-state index is 12.5.